The van der Waals surface area contributed by atoms with Crippen LogP contribution in [0.5, 0.6) is 5.75 Å². The van der Waals surface area contributed by atoms with Crippen LogP contribution in [0.2, 0.25) is 0 Å². The van der Waals surface area contributed by atoms with Crippen molar-refractivity contribution in [1.82, 2.24) is 0 Å². The van der Waals surface area contributed by atoms with Gasteiger partial charge in [0.1, 0.15) is 11.5 Å². The molecule has 0 spiro atoms. The average Bonchev–Trinajstić information content (AvgIpc) is 3.61. The van der Waals surface area contributed by atoms with Gasteiger partial charge in [0.25, 0.3) is 0 Å². The first kappa shape index (κ1) is 18.7. The van der Waals surface area contributed by atoms with E-state index >= 15 is 0 Å². The van der Waals surface area contributed by atoms with Gasteiger partial charge in [-0.3, -0.25) is 4.79 Å². The van der Waals surface area contributed by atoms with Gasteiger partial charge in [0.2, 0.25) is 0 Å². The molecular formula is C25H28O4. The Morgan fingerprint density at radius 3 is 2.45 bits per heavy atom. The third-order valence-electron chi connectivity index (χ3n) is 6.89. The van der Waals surface area contributed by atoms with Crippen molar-refractivity contribution in [3.05, 3.63) is 63.2 Å². The Morgan fingerprint density at radius 2 is 1.76 bits per heavy atom. The fraction of sp³-hybridized carbons (Fsp3) is 0.520. The molecule has 0 saturated heterocycles. The van der Waals surface area contributed by atoms with Gasteiger partial charge in [0, 0.05) is 18.3 Å². The summed E-state index contributed by atoms with van der Waals surface area (Å²) >= 11 is 0. The molecule has 2 atom stereocenters. The molecule has 3 aliphatic rings. The summed E-state index contributed by atoms with van der Waals surface area (Å²) < 4.78 is 5.90. The van der Waals surface area contributed by atoms with Gasteiger partial charge in [0.05, 0.1) is 11.1 Å². The van der Waals surface area contributed by atoms with Crippen LogP contribution in [0.25, 0.3) is 0 Å². The highest BCUT2D eigenvalue weighted by Gasteiger charge is 2.40. The van der Waals surface area contributed by atoms with E-state index in [1.54, 1.807) is 0 Å². The molecule has 0 aliphatic heterocycles. The van der Waals surface area contributed by atoms with Crippen LogP contribution in [-0.2, 0) is 0 Å². The number of carbonyl (C=O) groups is 1. The Kier molecular flexibility index (Phi) is 4.81. The smallest absolute Gasteiger partial charge is 0.343 e. The predicted molar refractivity (Wildman–Crippen MR) is 111 cm³/mol. The molecule has 3 aliphatic carbocycles. The van der Waals surface area contributed by atoms with E-state index in [0.29, 0.717) is 29.6 Å². The Bertz CT molecular complexity index is 966. The maximum absolute atomic E-state index is 13.2. The standard InChI is InChI=1S/C25H28O4/c26-19-9-5-4-8-18(14-15-10-11-15)24-21(19)23(27)22(25(28)29-24)20(17-12-13-17)16-6-2-1-3-7-16/h1-3,6-7,15,17-18,20,27H,4-5,8-14H2. The molecule has 1 N–H and O–H groups in total. The molecule has 1 heterocycles. The number of carbonyl (C=O) groups excluding carboxylic acids is 1. The lowest BCUT2D eigenvalue weighted by atomic mass is 9.82. The first-order valence-electron chi connectivity index (χ1n) is 11.1. The number of Topliss-reactive ketones (excluding diaryl/α,β-unsaturated/α-hetero) is 1. The summed E-state index contributed by atoms with van der Waals surface area (Å²) in [6, 6.07) is 9.84. The summed E-state index contributed by atoms with van der Waals surface area (Å²) in [4.78, 5) is 26.2. The summed E-state index contributed by atoms with van der Waals surface area (Å²) in [6.45, 7) is 0. The number of aromatic hydroxyl groups is 1. The third-order valence-corrected chi connectivity index (χ3v) is 6.89. The number of hydrogen-bond donors (Lipinski definition) is 1. The van der Waals surface area contributed by atoms with Crippen LogP contribution >= 0.6 is 0 Å². The van der Waals surface area contributed by atoms with Crippen molar-refractivity contribution in [1.29, 1.82) is 0 Å². The number of hydrogen-bond acceptors (Lipinski definition) is 4. The maximum atomic E-state index is 13.2. The second kappa shape index (κ2) is 7.47. The van der Waals surface area contributed by atoms with Crippen LogP contribution in [-0.4, -0.2) is 10.9 Å². The molecule has 0 amide bonds. The van der Waals surface area contributed by atoms with Gasteiger partial charge in [-0.05, 0) is 49.5 Å². The lowest BCUT2D eigenvalue weighted by Gasteiger charge is -2.24. The van der Waals surface area contributed by atoms with Crippen molar-refractivity contribution in [2.45, 2.75) is 69.6 Å². The van der Waals surface area contributed by atoms with Gasteiger partial charge in [-0.25, -0.2) is 4.79 Å². The fourth-order valence-corrected chi connectivity index (χ4v) is 5.06. The van der Waals surface area contributed by atoms with Crippen LogP contribution in [0.3, 0.4) is 0 Å². The topological polar surface area (TPSA) is 67.5 Å². The lowest BCUT2D eigenvalue weighted by Crippen LogP contribution is -2.22. The van der Waals surface area contributed by atoms with Gasteiger partial charge in [-0.2, -0.15) is 0 Å². The van der Waals surface area contributed by atoms with Gasteiger partial charge < -0.3 is 9.52 Å². The van der Waals surface area contributed by atoms with Gasteiger partial charge in [-0.1, -0.05) is 49.6 Å². The third kappa shape index (κ3) is 3.65. The van der Waals surface area contributed by atoms with Crippen molar-refractivity contribution in [2.75, 3.05) is 0 Å². The van der Waals surface area contributed by atoms with Crippen molar-refractivity contribution >= 4 is 5.78 Å². The van der Waals surface area contributed by atoms with Crippen molar-refractivity contribution in [3.63, 3.8) is 0 Å². The SMILES string of the molecule is O=C1CCCCC(CC2CC2)c2oc(=O)c(C(c3ccccc3)C3CC3)c(O)c21. The Balaban J connectivity index is 1.66. The fourth-order valence-electron chi connectivity index (χ4n) is 5.06. The second-order valence-corrected chi connectivity index (χ2v) is 9.16. The van der Waals surface area contributed by atoms with Crippen molar-refractivity contribution in [3.8, 4) is 5.75 Å². The second-order valence-electron chi connectivity index (χ2n) is 9.16. The van der Waals surface area contributed by atoms with Gasteiger partial charge >= 0.3 is 5.63 Å². The molecule has 29 heavy (non-hydrogen) atoms. The van der Waals surface area contributed by atoms with Gasteiger partial charge in [-0.15, -0.1) is 0 Å². The van der Waals surface area contributed by atoms with Crippen molar-refractivity contribution < 1.29 is 14.3 Å². The zero-order valence-corrected chi connectivity index (χ0v) is 16.7. The number of rotatable bonds is 5. The number of fused-ring (bicyclic) bond motifs is 1. The molecule has 4 heteroatoms. The van der Waals surface area contributed by atoms with Crippen LogP contribution in [0.15, 0.2) is 39.5 Å². The minimum atomic E-state index is -0.462. The molecule has 1 aromatic carbocycles. The summed E-state index contributed by atoms with van der Waals surface area (Å²) in [5, 5.41) is 11.3. The lowest BCUT2D eigenvalue weighted by molar-refractivity contribution is 0.0965. The molecule has 0 radical (unpaired) electrons. The Hall–Kier alpha value is -2.36. The van der Waals surface area contributed by atoms with Crippen LogP contribution in [0, 0.1) is 11.8 Å². The summed E-state index contributed by atoms with van der Waals surface area (Å²) in [6.07, 6.45) is 8.54. The normalized spacial score (nSPS) is 23.2. The molecule has 5 rings (SSSR count). The highest BCUT2D eigenvalue weighted by molar-refractivity contribution is 6.00. The molecule has 4 nitrogen and oxygen atoms in total. The zero-order chi connectivity index (χ0) is 20.0. The molecule has 152 valence electrons. The van der Waals surface area contributed by atoms with E-state index in [4.69, 9.17) is 4.42 Å². The molecule has 2 fully saturated rings. The molecule has 2 aromatic rings. The van der Waals surface area contributed by atoms with Gasteiger partial charge in [0.15, 0.2) is 5.78 Å². The Labute approximate surface area is 171 Å². The monoisotopic (exact) mass is 392 g/mol. The number of benzene rings is 1. The minimum Gasteiger partial charge on any atom is -0.506 e. The molecular weight excluding hydrogens is 364 g/mol. The minimum absolute atomic E-state index is 0.0606. The van der Waals surface area contributed by atoms with E-state index in [1.165, 1.54) is 12.8 Å². The van der Waals surface area contributed by atoms with Crippen LogP contribution < -0.4 is 5.63 Å². The molecule has 1 aromatic heterocycles. The van der Waals surface area contributed by atoms with E-state index in [-0.39, 0.29) is 28.9 Å². The van der Waals surface area contributed by atoms with E-state index in [9.17, 15) is 14.7 Å². The molecule has 0 bridgehead atoms. The molecule has 2 saturated carbocycles. The maximum Gasteiger partial charge on any atom is 0.343 e. The Morgan fingerprint density at radius 1 is 1.00 bits per heavy atom. The summed E-state index contributed by atoms with van der Waals surface area (Å²) in [5.41, 5.74) is 1.13. The van der Waals surface area contributed by atoms with Crippen LogP contribution in [0.1, 0.15) is 96.9 Å². The summed E-state index contributed by atoms with van der Waals surface area (Å²) in [7, 11) is 0. The highest BCUT2D eigenvalue weighted by atomic mass is 16.4. The van der Waals surface area contributed by atoms with E-state index in [1.807, 2.05) is 30.3 Å². The van der Waals surface area contributed by atoms with E-state index in [0.717, 1.165) is 44.1 Å². The molecule has 2 unspecified atom stereocenters. The zero-order valence-electron chi connectivity index (χ0n) is 16.7. The highest BCUT2D eigenvalue weighted by Crippen LogP contribution is 2.50. The quantitative estimate of drug-likeness (QED) is 0.727. The first-order chi connectivity index (χ1) is 14.1. The average molecular weight is 392 g/mol. The van der Waals surface area contributed by atoms with E-state index < -0.39 is 5.63 Å². The first-order valence-corrected chi connectivity index (χ1v) is 11.1. The largest absolute Gasteiger partial charge is 0.506 e. The van der Waals surface area contributed by atoms with Crippen LogP contribution in [0.4, 0.5) is 0 Å². The summed E-state index contributed by atoms with van der Waals surface area (Å²) in [5.74, 6) is 1.10. The van der Waals surface area contributed by atoms with E-state index in [2.05, 4.69) is 0 Å². The van der Waals surface area contributed by atoms with Crippen molar-refractivity contribution in [2.24, 2.45) is 11.8 Å². The number of ketones is 1. The predicted octanol–water partition coefficient (Wildman–Crippen LogP) is 5.53.